The minimum atomic E-state index is -0.0447. The average Bonchev–Trinajstić information content (AvgIpc) is 2.61. The highest BCUT2D eigenvalue weighted by Crippen LogP contribution is 2.12. The van der Waals surface area contributed by atoms with Gasteiger partial charge in [-0.05, 0) is 31.5 Å². The van der Waals surface area contributed by atoms with Crippen LogP contribution in [0.15, 0.2) is 36.7 Å². The molecule has 2 aromatic rings. The Bertz CT molecular complexity index is 622. The molecule has 1 N–H and O–H groups in total. The largest absolute Gasteiger partial charge is 0.497 e. The number of anilines is 1. The molecule has 122 valence electrons. The fourth-order valence-corrected chi connectivity index (χ4v) is 2.15. The Morgan fingerprint density at radius 3 is 2.26 bits per heavy atom. The third-order valence-electron chi connectivity index (χ3n) is 3.56. The normalized spacial score (nSPS) is 10.2. The van der Waals surface area contributed by atoms with Crippen molar-refractivity contribution in [2.24, 2.45) is 0 Å². The summed E-state index contributed by atoms with van der Waals surface area (Å²) in [6.07, 6.45) is 3.12. The maximum Gasteiger partial charge on any atom is 0.256 e. The molecule has 1 heterocycles. The van der Waals surface area contributed by atoms with E-state index in [9.17, 15) is 4.79 Å². The third-order valence-corrected chi connectivity index (χ3v) is 3.56. The second-order valence-electron chi connectivity index (χ2n) is 4.97. The van der Waals surface area contributed by atoms with Gasteiger partial charge in [0.25, 0.3) is 5.91 Å². The fourth-order valence-electron chi connectivity index (χ4n) is 2.15. The van der Waals surface area contributed by atoms with Crippen LogP contribution in [-0.2, 0) is 6.54 Å². The topological polar surface area (TPSA) is 67.4 Å². The van der Waals surface area contributed by atoms with Gasteiger partial charge in [0.1, 0.15) is 5.75 Å². The zero-order valence-electron chi connectivity index (χ0n) is 13.7. The number of nitrogens with zero attached hydrogens (tertiary/aromatic N) is 3. The summed E-state index contributed by atoms with van der Waals surface area (Å²) in [4.78, 5) is 22.3. The van der Waals surface area contributed by atoms with Crippen molar-refractivity contribution in [3.63, 3.8) is 0 Å². The van der Waals surface area contributed by atoms with E-state index in [1.165, 1.54) is 0 Å². The molecule has 0 unspecified atom stereocenters. The number of carbonyl (C=O) groups is 1. The Balaban J connectivity index is 1.95. The molecule has 0 aliphatic heterocycles. The molecule has 0 saturated heterocycles. The molecule has 0 fully saturated rings. The lowest BCUT2D eigenvalue weighted by Gasteiger charge is -2.18. The lowest BCUT2D eigenvalue weighted by Crippen LogP contribution is -2.30. The summed E-state index contributed by atoms with van der Waals surface area (Å²) in [6, 6.07) is 7.77. The Labute approximate surface area is 136 Å². The van der Waals surface area contributed by atoms with Crippen molar-refractivity contribution in [1.82, 2.24) is 14.9 Å². The summed E-state index contributed by atoms with van der Waals surface area (Å²) in [7, 11) is 1.64. The zero-order chi connectivity index (χ0) is 16.7. The number of carbonyl (C=O) groups excluding carboxylic acids is 1. The van der Waals surface area contributed by atoms with E-state index in [1.807, 2.05) is 38.1 Å². The summed E-state index contributed by atoms with van der Waals surface area (Å²) in [5.41, 5.74) is 1.60. The second-order valence-corrected chi connectivity index (χ2v) is 4.97. The number of rotatable bonds is 7. The van der Waals surface area contributed by atoms with Gasteiger partial charge in [0.2, 0.25) is 5.95 Å². The smallest absolute Gasteiger partial charge is 0.256 e. The average molecular weight is 314 g/mol. The summed E-state index contributed by atoms with van der Waals surface area (Å²) in [6.45, 7) is 5.85. The van der Waals surface area contributed by atoms with Crippen LogP contribution < -0.4 is 10.1 Å². The highest BCUT2D eigenvalue weighted by atomic mass is 16.5. The number of ether oxygens (including phenoxy) is 1. The van der Waals surface area contributed by atoms with E-state index in [1.54, 1.807) is 24.4 Å². The van der Waals surface area contributed by atoms with Crippen LogP contribution in [0, 0.1) is 0 Å². The predicted molar refractivity (Wildman–Crippen MR) is 89.6 cm³/mol. The zero-order valence-corrected chi connectivity index (χ0v) is 13.7. The summed E-state index contributed by atoms with van der Waals surface area (Å²) in [5.74, 6) is 1.28. The molecule has 1 amide bonds. The first kappa shape index (κ1) is 16.7. The van der Waals surface area contributed by atoms with Gasteiger partial charge in [-0.3, -0.25) is 4.79 Å². The van der Waals surface area contributed by atoms with Gasteiger partial charge in [-0.2, -0.15) is 0 Å². The Hall–Kier alpha value is -2.63. The van der Waals surface area contributed by atoms with Crippen LogP contribution in [0.2, 0.25) is 0 Å². The van der Waals surface area contributed by atoms with Crippen LogP contribution in [0.5, 0.6) is 5.75 Å². The van der Waals surface area contributed by atoms with Gasteiger partial charge in [0.15, 0.2) is 0 Å². The molecule has 0 spiro atoms. The van der Waals surface area contributed by atoms with Crippen molar-refractivity contribution in [2.45, 2.75) is 20.4 Å². The van der Waals surface area contributed by atoms with E-state index in [4.69, 9.17) is 4.74 Å². The number of methoxy groups -OCH3 is 1. The monoisotopic (exact) mass is 314 g/mol. The van der Waals surface area contributed by atoms with E-state index in [-0.39, 0.29) is 5.91 Å². The second kappa shape index (κ2) is 8.12. The SMILES string of the molecule is CCN(CC)C(=O)c1cnc(NCc2ccc(OC)cc2)nc1. The number of hydrogen-bond acceptors (Lipinski definition) is 5. The van der Waals surface area contributed by atoms with E-state index < -0.39 is 0 Å². The molecule has 0 aliphatic rings. The molecule has 0 atom stereocenters. The molecule has 6 heteroatoms. The first-order valence-electron chi connectivity index (χ1n) is 7.66. The number of nitrogens with one attached hydrogen (secondary N) is 1. The quantitative estimate of drug-likeness (QED) is 0.851. The molecule has 23 heavy (non-hydrogen) atoms. The molecule has 0 aliphatic carbocycles. The molecular weight excluding hydrogens is 292 g/mol. The third kappa shape index (κ3) is 4.42. The first-order valence-corrected chi connectivity index (χ1v) is 7.66. The van der Waals surface area contributed by atoms with Gasteiger partial charge >= 0.3 is 0 Å². The number of amides is 1. The van der Waals surface area contributed by atoms with E-state index in [0.717, 1.165) is 11.3 Å². The van der Waals surface area contributed by atoms with Gasteiger partial charge in [-0.15, -0.1) is 0 Å². The standard InChI is InChI=1S/C17H22N4O2/c1-4-21(5-2)16(22)14-11-19-17(20-12-14)18-10-13-6-8-15(23-3)9-7-13/h6-9,11-12H,4-5,10H2,1-3H3,(H,18,19,20). The maximum atomic E-state index is 12.2. The first-order chi connectivity index (χ1) is 11.2. The predicted octanol–water partition coefficient (Wildman–Crippen LogP) is 2.58. The van der Waals surface area contributed by atoms with Crippen LogP contribution >= 0.6 is 0 Å². The van der Waals surface area contributed by atoms with Crippen LogP contribution in [0.25, 0.3) is 0 Å². The van der Waals surface area contributed by atoms with E-state index in [0.29, 0.717) is 31.1 Å². The Kier molecular flexibility index (Phi) is 5.91. The van der Waals surface area contributed by atoms with Gasteiger partial charge in [0.05, 0.1) is 12.7 Å². The van der Waals surface area contributed by atoms with Gasteiger partial charge in [-0.1, -0.05) is 12.1 Å². The van der Waals surface area contributed by atoms with Crippen LogP contribution in [0.4, 0.5) is 5.95 Å². The van der Waals surface area contributed by atoms with Crippen LogP contribution in [0.1, 0.15) is 29.8 Å². The number of hydrogen-bond donors (Lipinski definition) is 1. The van der Waals surface area contributed by atoms with Crippen LogP contribution in [0.3, 0.4) is 0 Å². The molecule has 1 aromatic heterocycles. The van der Waals surface area contributed by atoms with E-state index in [2.05, 4.69) is 15.3 Å². The number of benzene rings is 1. The molecule has 2 rings (SSSR count). The molecule has 0 bridgehead atoms. The molecule has 1 aromatic carbocycles. The van der Waals surface area contributed by atoms with Gasteiger partial charge < -0.3 is 15.0 Å². The maximum absolute atomic E-state index is 12.2. The number of aromatic nitrogens is 2. The van der Waals surface area contributed by atoms with Gasteiger partial charge in [0, 0.05) is 32.0 Å². The molecular formula is C17H22N4O2. The highest BCUT2D eigenvalue weighted by Gasteiger charge is 2.13. The lowest BCUT2D eigenvalue weighted by molar-refractivity contribution is 0.0772. The van der Waals surface area contributed by atoms with Crippen LogP contribution in [-0.4, -0.2) is 41.0 Å². The van der Waals surface area contributed by atoms with Crippen molar-refractivity contribution >= 4 is 11.9 Å². The molecule has 6 nitrogen and oxygen atoms in total. The van der Waals surface area contributed by atoms with Gasteiger partial charge in [-0.25, -0.2) is 9.97 Å². The summed E-state index contributed by atoms with van der Waals surface area (Å²) < 4.78 is 5.12. The van der Waals surface area contributed by atoms with Crippen molar-refractivity contribution in [3.8, 4) is 5.75 Å². The Morgan fingerprint density at radius 1 is 1.13 bits per heavy atom. The fraction of sp³-hybridized carbons (Fsp3) is 0.353. The Morgan fingerprint density at radius 2 is 1.74 bits per heavy atom. The summed E-state index contributed by atoms with van der Waals surface area (Å²) in [5, 5.41) is 3.13. The lowest BCUT2D eigenvalue weighted by atomic mass is 10.2. The molecule has 0 saturated carbocycles. The summed E-state index contributed by atoms with van der Waals surface area (Å²) >= 11 is 0. The van der Waals surface area contributed by atoms with Crippen molar-refractivity contribution < 1.29 is 9.53 Å². The minimum absolute atomic E-state index is 0.0447. The highest BCUT2D eigenvalue weighted by molar-refractivity contribution is 5.93. The van der Waals surface area contributed by atoms with E-state index >= 15 is 0 Å². The van der Waals surface area contributed by atoms with Crippen molar-refractivity contribution in [2.75, 3.05) is 25.5 Å². The van der Waals surface area contributed by atoms with Crippen molar-refractivity contribution in [3.05, 3.63) is 47.8 Å². The molecule has 0 radical (unpaired) electrons. The van der Waals surface area contributed by atoms with Crippen molar-refractivity contribution in [1.29, 1.82) is 0 Å². The minimum Gasteiger partial charge on any atom is -0.497 e.